The number of nitrogens with one attached hydrogen (secondary N) is 2. The highest BCUT2D eigenvalue weighted by atomic mass is 16.5. The number of hydrogen-bond donors (Lipinski definition) is 2. The standard InChI is InChI=1S/C34H36N2O6/c1-3-29(33(39)41-23-11-17-25-13-7-5-8-14-25)35-31(37)27-19-21-28(22-20-27)32(38)36-30(4-2)34(40)42-24-12-18-26-15-9-6-10-16-26/h5-22,29-30H,3-4,23-24H2,1-2H3,(H,35,37)(H,36,38)/b17-11+,18-12+. The molecule has 0 aromatic heterocycles. The molecule has 2 unspecified atom stereocenters. The minimum atomic E-state index is -0.815. The molecule has 0 saturated carbocycles. The van der Waals surface area contributed by atoms with E-state index < -0.39 is 35.8 Å². The van der Waals surface area contributed by atoms with E-state index in [0.29, 0.717) is 12.8 Å². The number of esters is 2. The maximum absolute atomic E-state index is 12.7. The molecule has 3 aromatic carbocycles. The summed E-state index contributed by atoms with van der Waals surface area (Å²) < 4.78 is 10.6. The molecule has 0 aliphatic rings. The maximum atomic E-state index is 12.7. The van der Waals surface area contributed by atoms with E-state index in [1.807, 2.05) is 72.8 Å². The molecule has 0 spiro atoms. The Bertz CT molecular complexity index is 1260. The van der Waals surface area contributed by atoms with Gasteiger partial charge in [-0.3, -0.25) is 9.59 Å². The van der Waals surface area contributed by atoms with Crippen LogP contribution in [0, 0.1) is 0 Å². The lowest BCUT2D eigenvalue weighted by Crippen LogP contribution is -2.42. The number of amides is 2. The van der Waals surface area contributed by atoms with Crippen LogP contribution in [0.3, 0.4) is 0 Å². The van der Waals surface area contributed by atoms with Gasteiger partial charge in [-0.15, -0.1) is 0 Å². The Kier molecular flexibility index (Phi) is 12.7. The molecule has 2 N–H and O–H groups in total. The molecule has 2 amide bonds. The van der Waals surface area contributed by atoms with E-state index in [-0.39, 0.29) is 24.3 Å². The third-order valence-corrected chi connectivity index (χ3v) is 6.27. The molecule has 218 valence electrons. The number of ether oxygens (including phenoxy) is 2. The summed E-state index contributed by atoms with van der Waals surface area (Å²) in [6.45, 7) is 3.71. The van der Waals surface area contributed by atoms with Gasteiger partial charge in [0.15, 0.2) is 0 Å². The highest BCUT2D eigenvalue weighted by molar-refractivity contribution is 6.00. The smallest absolute Gasteiger partial charge is 0.328 e. The van der Waals surface area contributed by atoms with Gasteiger partial charge in [-0.05, 0) is 60.4 Å². The highest BCUT2D eigenvalue weighted by Crippen LogP contribution is 2.08. The van der Waals surface area contributed by atoms with Crippen LogP contribution in [-0.2, 0) is 19.1 Å². The average molecular weight is 569 g/mol. The number of carbonyl (C=O) groups is 4. The number of carbonyl (C=O) groups excluding carboxylic acids is 4. The van der Waals surface area contributed by atoms with Gasteiger partial charge in [-0.1, -0.05) is 86.7 Å². The van der Waals surface area contributed by atoms with Crippen LogP contribution in [0.1, 0.15) is 58.5 Å². The summed E-state index contributed by atoms with van der Waals surface area (Å²) in [5.74, 6) is -2.01. The summed E-state index contributed by atoms with van der Waals surface area (Å²) in [5, 5.41) is 5.35. The molecule has 0 heterocycles. The van der Waals surface area contributed by atoms with Crippen LogP contribution >= 0.6 is 0 Å². The first-order chi connectivity index (χ1) is 20.4. The van der Waals surface area contributed by atoms with Crippen molar-refractivity contribution >= 4 is 35.9 Å². The third-order valence-electron chi connectivity index (χ3n) is 6.27. The molecule has 0 aliphatic carbocycles. The molecule has 3 aromatic rings. The molecule has 8 nitrogen and oxygen atoms in total. The Morgan fingerprint density at radius 3 is 1.29 bits per heavy atom. The van der Waals surface area contributed by atoms with Gasteiger partial charge in [0.2, 0.25) is 0 Å². The van der Waals surface area contributed by atoms with Gasteiger partial charge in [0.1, 0.15) is 25.3 Å². The Hall–Kier alpha value is -4.98. The number of hydrogen-bond acceptors (Lipinski definition) is 6. The van der Waals surface area contributed by atoms with Gasteiger partial charge in [0, 0.05) is 11.1 Å². The summed E-state index contributed by atoms with van der Waals surface area (Å²) in [5.41, 5.74) is 2.53. The molecular weight excluding hydrogens is 532 g/mol. The lowest BCUT2D eigenvalue weighted by molar-refractivity contribution is -0.145. The van der Waals surface area contributed by atoms with Crippen molar-refractivity contribution in [3.8, 4) is 0 Å². The summed E-state index contributed by atoms with van der Waals surface area (Å²) in [4.78, 5) is 50.4. The van der Waals surface area contributed by atoms with Gasteiger partial charge in [0.05, 0.1) is 0 Å². The lowest BCUT2D eigenvalue weighted by atomic mass is 10.1. The van der Waals surface area contributed by atoms with E-state index in [9.17, 15) is 19.2 Å². The van der Waals surface area contributed by atoms with Crippen molar-refractivity contribution in [3.63, 3.8) is 0 Å². The van der Waals surface area contributed by atoms with E-state index in [1.54, 1.807) is 26.0 Å². The number of rotatable bonds is 14. The molecule has 0 radical (unpaired) electrons. The summed E-state index contributed by atoms with van der Waals surface area (Å²) in [7, 11) is 0. The zero-order valence-electron chi connectivity index (χ0n) is 23.8. The fraction of sp³-hybridized carbons (Fsp3) is 0.235. The molecule has 3 rings (SSSR count). The van der Waals surface area contributed by atoms with Crippen molar-refractivity contribution in [2.45, 2.75) is 38.8 Å². The van der Waals surface area contributed by atoms with Crippen molar-refractivity contribution in [1.29, 1.82) is 0 Å². The van der Waals surface area contributed by atoms with Gasteiger partial charge >= 0.3 is 11.9 Å². The summed E-state index contributed by atoms with van der Waals surface area (Å²) in [6.07, 6.45) is 7.87. The molecule has 8 heteroatoms. The predicted octanol–water partition coefficient (Wildman–Crippen LogP) is 5.22. The van der Waals surface area contributed by atoms with Crippen molar-refractivity contribution in [3.05, 3.63) is 119 Å². The van der Waals surface area contributed by atoms with Crippen molar-refractivity contribution in [2.24, 2.45) is 0 Å². The van der Waals surface area contributed by atoms with Crippen molar-refractivity contribution in [2.75, 3.05) is 13.2 Å². The van der Waals surface area contributed by atoms with Gasteiger partial charge in [0.25, 0.3) is 11.8 Å². The first-order valence-corrected chi connectivity index (χ1v) is 13.9. The zero-order valence-corrected chi connectivity index (χ0v) is 23.8. The van der Waals surface area contributed by atoms with E-state index in [1.165, 1.54) is 24.3 Å². The van der Waals surface area contributed by atoms with E-state index in [4.69, 9.17) is 9.47 Å². The molecule has 0 saturated heterocycles. The Morgan fingerprint density at radius 1 is 0.595 bits per heavy atom. The summed E-state index contributed by atoms with van der Waals surface area (Å²) in [6, 6.07) is 23.6. The fourth-order valence-corrected chi connectivity index (χ4v) is 3.87. The Labute approximate surface area is 246 Å². The number of benzene rings is 3. The lowest BCUT2D eigenvalue weighted by Gasteiger charge is -2.16. The van der Waals surface area contributed by atoms with Crippen LogP contribution in [0.25, 0.3) is 12.2 Å². The second kappa shape index (κ2) is 17.0. The quantitative estimate of drug-likeness (QED) is 0.258. The largest absolute Gasteiger partial charge is 0.460 e. The third kappa shape index (κ3) is 10.2. The molecule has 42 heavy (non-hydrogen) atoms. The van der Waals surface area contributed by atoms with Gasteiger partial charge in [-0.2, -0.15) is 0 Å². The predicted molar refractivity (Wildman–Crippen MR) is 162 cm³/mol. The SMILES string of the molecule is CCC(NC(=O)c1ccc(C(=O)NC(CC)C(=O)OC/C=C/c2ccccc2)cc1)C(=O)OC/C=C/c1ccccc1. The van der Waals surface area contributed by atoms with Crippen LogP contribution < -0.4 is 10.6 Å². The Morgan fingerprint density at radius 2 is 0.952 bits per heavy atom. The van der Waals surface area contributed by atoms with Crippen LogP contribution in [0.4, 0.5) is 0 Å². The summed E-state index contributed by atoms with van der Waals surface area (Å²) >= 11 is 0. The van der Waals surface area contributed by atoms with Crippen LogP contribution in [-0.4, -0.2) is 49.1 Å². The normalized spacial score (nSPS) is 12.4. The van der Waals surface area contributed by atoms with Crippen LogP contribution in [0.15, 0.2) is 97.1 Å². The molecule has 0 aliphatic heterocycles. The molecule has 0 fully saturated rings. The monoisotopic (exact) mass is 568 g/mol. The van der Waals surface area contributed by atoms with E-state index >= 15 is 0 Å². The topological polar surface area (TPSA) is 111 Å². The highest BCUT2D eigenvalue weighted by Gasteiger charge is 2.23. The second-order valence-electron chi connectivity index (χ2n) is 9.33. The minimum Gasteiger partial charge on any atom is -0.460 e. The van der Waals surface area contributed by atoms with E-state index in [2.05, 4.69) is 10.6 Å². The molecular formula is C34H36N2O6. The average Bonchev–Trinajstić information content (AvgIpc) is 3.03. The van der Waals surface area contributed by atoms with Crippen molar-refractivity contribution in [1.82, 2.24) is 10.6 Å². The minimum absolute atomic E-state index is 0.0839. The zero-order chi connectivity index (χ0) is 30.2. The first-order valence-electron chi connectivity index (χ1n) is 13.9. The second-order valence-corrected chi connectivity index (χ2v) is 9.33. The van der Waals surface area contributed by atoms with Gasteiger partial charge in [-0.25, -0.2) is 9.59 Å². The van der Waals surface area contributed by atoms with Crippen LogP contribution in [0.5, 0.6) is 0 Å². The molecule has 0 bridgehead atoms. The molecule has 2 atom stereocenters. The fourth-order valence-electron chi connectivity index (χ4n) is 3.87. The van der Waals surface area contributed by atoms with Gasteiger partial charge < -0.3 is 20.1 Å². The first kappa shape index (κ1) is 31.5. The van der Waals surface area contributed by atoms with Crippen molar-refractivity contribution < 1.29 is 28.7 Å². The Balaban J connectivity index is 1.46. The van der Waals surface area contributed by atoms with E-state index in [0.717, 1.165) is 11.1 Å². The van der Waals surface area contributed by atoms with Crippen LogP contribution in [0.2, 0.25) is 0 Å². The maximum Gasteiger partial charge on any atom is 0.328 e.